The Labute approximate surface area is 121 Å². The fourth-order valence-electron chi connectivity index (χ4n) is 1.70. The first kappa shape index (κ1) is 14.5. The predicted octanol–water partition coefficient (Wildman–Crippen LogP) is 2.87. The molecule has 1 heterocycles. The Bertz CT molecular complexity index is 526. The van der Waals surface area contributed by atoms with Crippen LogP contribution in [0, 0.1) is 10.1 Å². The maximum absolute atomic E-state index is 10.5. The number of hydrogen-bond acceptors (Lipinski definition) is 5. The molecule has 1 N–H and O–H groups in total. The van der Waals surface area contributed by atoms with Gasteiger partial charge in [0.1, 0.15) is 12.4 Å². The van der Waals surface area contributed by atoms with Crippen LogP contribution in [0.1, 0.15) is 5.56 Å². The first-order valence-corrected chi connectivity index (χ1v) is 7.29. The van der Waals surface area contributed by atoms with Crippen molar-refractivity contribution in [1.29, 1.82) is 0 Å². The number of non-ortho nitro benzene ring substituents is 1. The molecular weight excluding hydrogens is 276 g/mol. The molecule has 0 fully saturated rings. The molecular formula is C14H16N2O3S. The van der Waals surface area contributed by atoms with Crippen LogP contribution in [-0.2, 0) is 6.42 Å². The van der Waals surface area contributed by atoms with Crippen LogP contribution in [0.5, 0.6) is 5.75 Å². The monoisotopic (exact) mass is 292 g/mol. The van der Waals surface area contributed by atoms with Crippen molar-refractivity contribution in [3.8, 4) is 5.75 Å². The van der Waals surface area contributed by atoms with Crippen molar-refractivity contribution >= 4 is 17.0 Å². The van der Waals surface area contributed by atoms with Gasteiger partial charge in [-0.25, -0.2) is 0 Å². The van der Waals surface area contributed by atoms with Gasteiger partial charge in [0.25, 0.3) is 5.69 Å². The van der Waals surface area contributed by atoms with Crippen molar-refractivity contribution in [3.05, 3.63) is 56.8 Å². The molecule has 0 atom stereocenters. The van der Waals surface area contributed by atoms with Crippen LogP contribution in [-0.4, -0.2) is 24.6 Å². The third-order valence-corrected chi connectivity index (χ3v) is 3.50. The summed E-state index contributed by atoms with van der Waals surface area (Å²) < 4.78 is 5.49. The van der Waals surface area contributed by atoms with Crippen molar-refractivity contribution in [2.45, 2.75) is 6.42 Å². The van der Waals surface area contributed by atoms with E-state index < -0.39 is 4.92 Å². The molecule has 0 saturated heterocycles. The molecule has 0 unspecified atom stereocenters. The van der Waals surface area contributed by atoms with Gasteiger partial charge in [0.2, 0.25) is 0 Å². The molecule has 0 spiro atoms. The fraction of sp³-hybridized carbons (Fsp3) is 0.286. The van der Waals surface area contributed by atoms with Crippen LogP contribution in [0.2, 0.25) is 0 Å². The predicted molar refractivity (Wildman–Crippen MR) is 79.5 cm³/mol. The maximum Gasteiger partial charge on any atom is 0.269 e. The Balaban J connectivity index is 1.59. The molecule has 20 heavy (non-hydrogen) atoms. The van der Waals surface area contributed by atoms with E-state index in [0.717, 1.165) is 19.5 Å². The zero-order chi connectivity index (χ0) is 14.2. The number of nitro benzene ring substituents is 1. The van der Waals surface area contributed by atoms with E-state index in [1.807, 2.05) is 0 Å². The van der Waals surface area contributed by atoms with Crippen molar-refractivity contribution < 1.29 is 9.66 Å². The average molecular weight is 292 g/mol. The van der Waals surface area contributed by atoms with Gasteiger partial charge in [0, 0.05) is 18.7 Å². The Morgan fingerprint density at radius 1 is 1.20 bits per heavy atom. The lowest BCUT2D eigenvalue weighted by Crippen LogP contribution is -2.23. The standard InChI is InChI=1S/C14H16N2O3S/c17-16(18)13-1-3-14(4-2-13)19-9-8-15-7-5-12-6-10-20-11-12/h1-4,6,10-11,15H,5,7-9H2. The van der Waals surface area contributed by atoms with Crippen LogP contribution in [0.3, 0.4) is 0 Å². The van der Waals surface area contributed by atoms with E-state index in [2.05, 4.69) is 22.1 Å². The third kappa shape index (κ3) is 4.64. The van der Waals surface area contributed by atoms with Gasteiger partial charge >= 0.3 is 0 Å². The lowest BCUT2D eigenvalue weighted by Gasteiger charge is -2.07. The van der Waals surface area contributed by atoms with E-state index in [9.17, 15) is 10.1 Å². The second-order valence-electron chi connectivity index (χ2n) is 4.23. The maximum atomic E-state index is 10.5. The number of nitrogens with one attached hydrogen (secondary N) is 1. The molecule has 0 saturated carbocycles. The van der Waals surface area contributed by atoms with E-state index >= 15 is 0 Å². The molecule has 106 valence electrons. The van der Waals surface area contributed by atoms with Gasteiger partial charge in [-0.2, -0.15) is 11.3 Å². The van der Waals surface area contributed by atoms with E-state index in [-0.39, 0.29) is 5.69 Å². The average Bonchev–Trinajstić information content (AvgIpc) is 2.96. The number of thiophene rings is 1. The van der Waals surface area contributed by atoms with Gasteiger partial charge in [0.15, 0.2) is 0 Å². The highest BCUT2D eigenvalue weighted by atomic mass is 32.1. The highest BCUT2D eigenvalue weighted by Crippen LogP contribution is 2.16. The zero-order valence-electron chi connectivity index (χ0n) is 11.0. The summed E-state index contributed by atoms with van der Waals surface area (Å²) in [5.74, 6) is 0.648. The van der Waals surface area contributed by atoms with Crippen molar-refractivity contribution in [1.82, 2.24) is 5.32 Å². The highest BCUT2D eigenvalue weighted by molar-refractivity contribution is 7.07. The largest absolute Gasteiger partial charge is 0.492 e. The number of nitrogens with zero attached hydrogens (tertiary/aromatic N) is 1. The lowest BCUT2D eigenvalue weighted by molar-refractivity contribution is -0.384. The fourth-order valence-corrected chi connectivity index (χ4v) is 2.40. The number of hydrogen-bond donors (Lipinski definition) is 1. The molecule has 6 heteroatoms. The second kappa shape index (κ2) is 7.62. The molecule has 2 rings (SSSR count). The minimum absolute atomic E-state index is 0.0752. The van der Waals surface area contributed by atoms with Crippen LogP contribution in [0.4, 0.5) is 5.69 Å². The molecule has 1 aromatic carbocycles. The summed E-state index contributed by atoms with van der Waals surface area (Å²) in [4.78, 5) is 10.1. The van der Waals surface area contributed by atoms with E-state index in [1.54, 1.807) is 23.5 Å². The summed E-state index contributed by atoms with van der Waals surface area (Å²) >= 11 is 1.71. The van der Waals surface area contributed by atoms with E-state index in [1.165, 1.54) is 17.7 Å². The molecule has 0 aliphatic heterocycles. The van der Waals surface area contributed by atoms with Crippen LogP contribution in [0.25, 0.3) is 0 Å². The Hall–Kier alpha value is -1.92. The van der Waals surface area contributed by atoms with Crippen molar-refractivity contribution in [2.75, 3.05) is 19.7 Å². The molecule has 0 aliphatic carbocycles. The van der Waals surface area contributed by atoms with Crippen LogP contribution in [0.15, 0.2) is 41.1 Å². The first-order chi connectivity index (χ1) is 9.75. The van der Waals surface area contributed by atoms with Crippen LogP contribution >= 0.6 is 11.3 Å². The first-order valence-electron chi connectivity index (χ1n) is 6.35. The van der Waals surface area contributed by atoms with Crippen molar-refractivity contribution in [3.63, 3.8) is 0 Å². The molecule has 0 aliphatic rings. The minimum atomic E-state index is -0.421. The number of rotatable bonds is 8. The molecule has 1 aromatic heterocycles. The number of ether oxygens (including phenoxy) is 1. The summed E-state index contributed by atoms with van der Waals surface area (Å²) in [6.45, 7) is 2.21. The van der Waals surface area contributed by atoms with Gasteiger partial charge in [-0.05, 0) is 47.5 Å². The number of benzene rings is 1. The van der Waals surface area contributed by atoms with E-state index in [4.69, 9.17) is 4.74 Å². The van der Waals surface area contributed by atoms with Gasteiger partial charge in [-0.3, -0.25) is 10.1 Å². The van der Waals surface area contributed by atoms with E-state index in [0.29, 0.717) is 12.4 Å². The van der Waals surface area contributed by atoms with Gasteiger partial charge < -0.3 is 10.1 Å². The Morgan fingerprint density at radius 2 is 2.00 bits per heavy atom. The Kier molecular flexibility index (Phi) is 5.52. The third-order valence-electron chi connectivity index (χ3n) is 2.77. The zero-order valence-corrected chi connectivity index (χ0v) is 11.8. The SMILES string of the molecule is O=[N+]([O-])c1ccc(OCCNCCc2ccsc2)cc1. The lowest BCUT2D eigenvalue weighted by atomic mass is 10.2. The smallest absolute Gasteiger partial charge is 0.269 e. The van der Waals surface area contributed by atoms with Crippen LogP contribution < -0.4 is 10.1 Å². The summed E-state index contributed by atoms with van der Waals surface area (Å²) in [5, 5.41) is 18.0. The van der Waals surface area contributed by atoms with Gasteiger partial charge in [-0.1, -0.05) is 0 Å². The molecule has 0 amide bonds. The number of nitro groups is 1. The quantitative estimate of drug-likeness (QED) is 0.461. The van der Waals surface area contributed by atoms with Gasteiger partial charge in [0.05, 0.1) is 4.92 Å². The summed E-state index contributed by atoms with van der Waals surface area (Å²) in [7, 11) is 0. The summed E-state index contributed by atoms with van der Waals surface area (Å²) in [6.07, 6.45) is 1.01. The normalized spacial score (nSPS) is 10.4. The molecule has 0 radical (unpaired) electrons. The molecule has 2 aromatic rings. The Morgan fingerprint density at radius 3 is 2.65 bits per heavy atom. The topological polar surface area (TPSA) is 64.4 Å². The minimum Gasteiger partial charge on any atom is -0.492 e. The second-order valence-corrected chi connectivity index (χ2v) is 5.01. The summed E-state index contributed by atoms with van der Waals surface area (Å²) in [6, 6.07) is 8.24. The highest BCUT2D eigenvalue weighted by Gasteiger charge is 2.03. The molecule has 0 bridgehead atoms. The van der Waals surface area contributed by atoms with Crippen molar-refractivity contribution in [2.24, 2.45) is 0 Å². The summed E-state index contributed by atoms with van der Waals surface area (Å²) in [5.41, 5.74) is 1.42. The molecule has 5 nitrogen and oxygen atoms in total. The van der Waals surface area contributed by atoms with Gasteiger partial charge in [-0.15, -0.1) is 0 Å².